The fraction of sp³-hybridized carbons (Fsp3) is 0.190. The molecule has 0 spiro atoms. The predicted molar refractivity (Wildman–Crippen MR) is 112 cm³/mol. The monoisotopic (exact) mass is 429 g/mol. The minimum Gasteiger partial charge on any atom is -0.324 e. The molecule has 1 aliphatic rings. The Bertz CT molecular complexity index is 1050. The van der Waals surface area contributed by atoms with E-state index in [-0.39, 0.29) is 40.2 Å². The van der Waals surface area contributed by atoms with Crippen LogP contribution in [0.4, 0.5) is 10.1 Å². The second kappa shape index (κ2) is 9.12. The van der Waals surface area contributed by atoms with E-state index in [0.29, 0.717) is 10.7 Å². The van der Waals surface area contributed by atoms with Gasteiger partial charge in [0.1, 0.15) is 5.82 Å². The molecule has 1 aliphatic heterocycles. The van der Waals surface area contributed by atoms with Crippen LogP contribution in [0.15, 0.2) is 53.1 Å². The highest BCUT2D eigenvalue weighted by Gasteiger charge is 2.31. The number of hydrogen-bond acceptors (Lipinski definition) is 4. The Morgan fingerprint density at radius 2 is 2.14 bits per heavy atom. The lowest BCUT2D eigenvalue weighted by Crippen LogP contribution is -2.31. The number of nitrogens with zero attached hydrogens (tertiary/aromatic N) is 1. The van der Waals surface area contributed by atoms with Gasteiger partial charge in [-0.1, -0.05) is 47.6 Å². The summed E-state index contributed by atoms with van der Waals surface area (Å²) in [7, 11) is 0. The second-order valence-electron chi connectivity index (χ2n) is 6.50. The standard InChI is InChI=1S/C21H17ClFN3O2S/c1-12-6-7-18(16(22)8-12)25-20(28)11-29-21-15(10-24)14(9-19(27)26-21)13-4-2-3-5-17(13)23/h2-8,14H,9,11H2,1H3,(H,25,28)(H,26,27)/t14-/m1/s1. The molecule has 29 heavy (non-hydrogen) atoms. The van der Waals surface area contributed by atoms with Gasteiger partial charge in [0.25, 0.3) is 0 Å². The molecule has 8 heteroatoms. The summed E-state index contributed by atoms with van der Waals surface area (Å²) in [4.78, 5) is 24.4. The number of halogens is 2. The number of nitrogens with one attached hydrogen (secondary N) is 2. The van der Waals surface area contributed by atoms with Crippen molar-refractivity contribution in [2.45, 2.75) is 19.3 Å². The molecule has 2 aromatic rings. The van der Waals surface area contributed by atoms with Gasteiger partial charge in [0.2, 0.25) is 11.8 Å². The van der Waals surface area contributed by atoms with E-state index in [0.717, 1.165) is 17.3 Å². The van der Waals surface area contributed by atoms with E-state index < -0.39 is 11.7 Å². The van der Waals surface area contributed by atoms with Gasteiger partial charge >= 0.3 is 0 Å². The number of benzene rings is 2. The largest absolute Gasteiger partial charge is 0.324 e. The highest BCUT2D eigenvalue weighted by Crippen LogP contribution is 2.37. The Labute approximate surface area is 176 Å². The van der Waals surface area contributed by atoms with E-state index in [1.165, 1.54) is 6.07 Å². The maximum absolute atomic E-state index is 14.2. The van der Waals surface area contributed by atoms with Crippen LogP contribution in [0.3, 0.4) is 0 Å². The van der Waals surface area contributed by atoms with E-state index in [2.05, 4.69) is 16.7 Å². The summed E-state index contributed by atoms with van der Waals surface area (Å²) in [5.74, 6) is -1.88. The van der Waals surface area contributed by atoms with Crippen LogP contribution in [0.1, 0.15) is 23.5 Å². The summed E-state index contributed by atoms with van der Waals surface area (Å²) in [5.41, 5.74) is 1.97. The molecule has 0 radical (unpaired) electrons. The van der Waals surface area contributed by atoms with Gasteiger partial charge in [-0.05, 0) is 36.2 Å². The van der Waals surface area contributed by atoms with Crippen molar-refractivity contribution >= 4 is 40.9 Å². The van der Waals surface area contributed by atoms with Crippen molar-refractivity contribution < 1.29 is 14.0 Å². The number of amides is 2. The van der Waals surface area contributed by atoms with Gasteiger partial charge in [0, 0.05) is 12.3 Å². The molecule has 0 aromatic heterocycles. The number of carbonyl (C=O) groups excluding carboxylic acids is 2. The molecule has 2 N–H and O–H groups in total. The van der Waals surface area contributed by atoms with Crippen molar-refractivity contribution in [1.29, 1.82) is 5.26 Å². The normalized spacial score (nSPS) is 16.2. The van der Waals surface area contributed by atoms with Gasteiger partial charge in [0.05, 0.1) is 33.1 Å². The number of anilines is 1. The molecule has 0 saturated heterocycles. The van der Waals surface area contributed by atoms with Crippen LogP contribution in [0.5, 0.6) is 0 Å². The molecule has 0 bridgehead atoms. The molecule has 0 fully saturated rings. The molecule has 1 heterocycles. The summed E-state index contributed by atoms with van der Waals surface area (Å²) in [6, 6.07) is 13.4. The number of allylic oxidation sites excluding steroid dienone is 1. The lowest BCUT2D eigenvalue weighted by molar-refractivity contribution is -0.121. The van der Waals surface area contributed by atoms with Crippen molar-refractivity contribution in [3.63, 3.8) is 0 Å². The first-order valence-corrected chi connectivity index (χ1v) is 10.1. The first-order valence-electron chi connectivity index (χ1n) is 8.76. The molecule has 0 saturated carbocycles. The van der Waals surface area contributed by atoms with Crippen LogP contribution in [-0.2, 0) is 9.59 Å². The van der Waals surface area contributed by atoms with Crippen LogP contribution in [0, 0.1) is 24.1 Å². The predicted octanol–water partition coefficient (Wildman–Crippen LogP) is 4.50. The number of nitriles is 1. The zero-order valence-electron chi connectivity index (χ0n) is 15.5. The van der Waals surface area contributed by atoms with Crippen molar-refractivity contribution in [1.82, 2.24) is 5.32 Å². The van der Waals surface area contributed by atoms with Crippen LogP contribution in [0.25, 0.3) is 0 Å². The Morgan fingerprint density at radius 3 is 2.83 bits per heavy atom. The Balaban J connectivity index is 1.77. The smallest absolute Gasteiger partial charge is 0.234 e. The number of rotatable bonds is 5. The summed E-state index contributed by atoms with van der Waals surface area (Å²) < 4.78 is 14.2. The highest BCUT2D eigenvalue weighted by atomic mass is 35.5. The van der Waals surface area contributed by atoms with Crippen LogP contribution < -0.4 is 10.6 Å². The zero-order valence-corrected chi connectivity index (χ0v) is 17.0. The summed E-state index contributed by atoms with van der Waals surface area (Å²) in [6.45, 7) is 1.89. The zero-order chi connectivity index (χ0) is 21.0. The Morgan fingerprint density at radius 1 is 1.38 bits per heavy atom. The summed E-state index contributed by atoms with van der Waals surface area (Å²) in [5, 5.41) is 15.6. The average Bonchev–Trinajstić information content (AvgIpc) is 2.68. The third kappa shape index (κ3) is 4.97. The molecule has 3 rings (SSSR count). The fourth-order valence-corrected chi connectivity index (χ4v) is 4.16. The van der Waals surface area contributed by atoms with Crippen LogP contribution in [0.2, 0.25) is 5.02 Å². The van der Waals surface area contributed by atoms with Crippen molar-refractivity contribution in [3.05, 3.63) is 75.0 Å². The second-order valence-corrected chi connectivity index (χ2v) is 7.89. The molecule has 0 unspecified atom stereocenters. The lowest BCUT2D eigenvalue weighted by atomic mass is 9.87. The maximum atomic E-state index is 14.2. The topological polar surface area (TPSA) is 82.0 Å². The Kier molecular flexibility index (Phi) is 6.57. The Hall–Kier alpha value is -2.82. The van der Waals surface area contributed by atoms with Gasteiger partial charge in [-0.2, -0.15) is 5.26 Å². The highest BCUT2D eigenvalue weighted by molar-refractivity contribution is 8.03. The first kappa shape index (κ1) is 20.9. The van der Waals surface area contributed by atoms with Gasteiger partial charge in [-0.15, -0.1) is 0 Å². The van der Waals surface area contributed by atoms with Crippen LogP contribution in [-0.4, -0.2) is 17.6 Å². The van der Waals surface area contributed by atoms with Crippen molar-refractivity contribution in [2.24, 2.45) is 0 Å². The molecular formula is C21H17ClFN3O2S. The molecule has 0 aliphatic carbocycles. The summed E-state index contributed by atoms with van der Waals surface area (Å²) in [6.07, 6.45) is -0.0287. The number of hydrogen-bond donors (Lipinski definition) is 2. The number of carbonyl (C=O) groups is 2. The molecule has 5 nitrogen and oxygen atoms in total. The van der Waals surface area contributed by atoms with Gasteiger partial charge in [-0.3, -0.25) is 9.59 Å². The summed E-state index contributed by atoms with van der Waals surface area (Å²) >= 11 is 7.14. The minimum atomic E-state index is -0.688. The number of thioether (sulfide) groups is 1. The first-order chi connectivity index (χ1) is 13.9. The molecule has 1 atom stereocenters. The molecule has 148 valence electrons. The average molecular weight is 430 g/mol. The van der Waals surface area contributed by atoms with E-state index in [1.54, 1.807) is 30.3 Å². The van der Waals surface area contributed by atoms with Gasteiger partial charge in [0.15, 0.2) is 0 Å². The third-order valence-electron chi connectivity index (χ3n) is 4.38. The van der Waals surface area contributed by atoms with Gasteiger partial charge < -0.3 is 10.6 Å². The van der Waals surface area contributed by atoms with Gasteiger partial charge in [-0.25, -0.2) is 4.39 Å². The lowest BCUT2D eigenvalue weighted by Gasteiger charge is -2.25. The van der Waals surface area contributed by atoms with E-state index in [9.17, 15) is 19.2 Å². The van der Waals surface area contributed by atoms with Crippen LogP contribution >= 0.6 is 23.4 Å². The van der Waals surface area contributed by atoms with Crippen molar-refractivity contribution in [3.8, 4) is 6.07 Å². The maximum Gasteiger partial charge on any atom is 0.234 e. The third-order valence-corrected chi connectivity index (χ3v) is 5.71. The van der Waals surface area contributed by atoms with E-state index in [1.807, 2.05) is 13.0 Å². The minimum absolute atomic E-state index is 0.0287. The molecule has 2 amide bonds. The quantitative estimate of drug-likeness (QED) is 0.733. The molecule has 2 aromatic carbocycles. The van der Waals surface area contributed by atoms with Crippen molar-refractivity contribution in [2.75, 3.05) is 11.1 Å². The SMILES string of the molecule is Cc1ccc(NC(=O)CSC2=C(C#N)[C@@H](c3ccccc3F)CC(=O)N2)c(Cl)c1. The number of aryl methyl sites for hydroxylation is 1. The molecular weight excluding hydrogens is 413 g/mol. The van der Waals surface area contributed by atoms with E-state index in [4.69, 9.17) is 11.6 Å². The van der Waals surface area contributed by atoms with E-state index >= 15 is 0 Å². The fourth-order valence-electron chi connectivity index (χ4n) is 3.00.